The third-order valence-electron chi connectivity index (χ3n) is 2.47. The molecule has 0 saturated carbocycles. The SMILES string of the molecule is CC1CC(=O)N(CCO)C1C. The molecular formula is C8H15NO2. The van der Waals surface area contributed by atoms with Crippen LogP contribution in [0.4, 0.5) is 0 Å². The van der Waals surface area contributed by atoms with Gasteiger partial charge in [0.05, 0.1) is 6.61 Å². The van der Waals surface area contributed by atoms with Crippen LogP contribution in [0.1, 0.15) is 20.3 Å². The second kappa shape index (κ2) is 3.22. The largest absolute Gasteiger partial charge is 0.395 e. The minimum atomic E-state index is 0.0722. The molecule has 1 aliphatic heterocycles. The number of hydrogen-bond donors (Lipinski definition) is 1. The average Bonchev–Trinajstić information content (AvgIpc) is 2.17. The smallest absolute Gasteiger partial charge is 0.223 e. The molecule has 3 heteroatoms. The number of carbonyl (C=O) groups excluding carboxylic acids is 1. The van der Waals surface area contributed by atoms with Gasteiger partial charge < -0.3 is 10.0 Å². The van der Waals surface area contributed by atoms with Crippen molar-refractivity contribution in [1.29, 1.82) is 0 Å². The lowest BCUT2D eigenvalue weighted by Crippen LogP contribution is -2.34. The quantitative estimate of drug-likeness (QED) is 0.623. The first kappa shape index (κ1) is 8.53. The molecule has 1 N–H and O–H groups in total. The summed E-state index contributed by atoms with van der Waals surface area (Å²) in [6, 6.07) is 0.301. The van der Waals surface area contributed by atoms with Crippen LogP contribution < -0.4 is 0 Å². The molecule has 1 fully saturated rings. The minimum Gasteiger partial charge on any atom is -0.395 e. The van der Waals surface area contributed by atoms with Crippen molar-refractivity contribution in [1.82, 2.24) is 4.90 Å². The lowest BCUT2D eigenvalue weighted by molar-refractivity contribution is -0.129. The molecule has 2 unspecified atom stereocenters. The van der Waals surface area contributed by atoms with Crippen molar-refractivity contribution in [3.8, 4) is 0 Å². The Morgan fingerprint density at radius 3 is 2.64 bits per heavy atom. The summed E-state index contributed by atoms with van der Waals surface area (Å²) in [4.78, 5) is 13.0. The topological polar surface area (TPSA) is 40.5 Å². The Hall–Kier alpha value is -0.570. The van der Waals surface area contributed by atoms with E-state index in [1.165, 1.54) is 0 Å². The van der Waals surface area contributed by atoms with Gasteiger partial charge in [-0.1, -0.05) is 6.92 Å². The number of rotatable bonds is 2. The van der Waals surface area contributed by atoms with E-state index in [-0.39, 0.29) is 12.5 Å². The van der Waals surface area contributed by atoms with E-state index in [2.05, 4.69) is 6.92 Å². The minimum absolute atomic E-state index is 0.0722. The first-order valence-electron chi connectivity index (χ1n) is 4.07. The molecule has 1 rings (SSSR count). The number of hydrogen-bond acceptors (Lipinski definition) is 2. The molecule has 1 aliphatic rings. The van der Waals surface area contributed by atoms with Crippen LogP contribution in [0.25, 0.3) is 0 Å². The maximum absolute atomic E-state index is 11.2. The van der Waals surface area contributed by atoms with E-state index in [0.717, 1.165) is 0 Å². The third kappa shape index (κ3) is 1.53. The standard InChI is InChI=1S/C8H15NO2/c1-6-5-8(11)9(3-4-10)7(6)2/h6-7,10H,3-5H2,1-2H3. The Morgan fingerprint density at radius 1 is 1.64 bits per heavy atom. The number of β-amino-alcohol motifs (C(OH)–C–C–N with tert-alkyl or cyclic N) is 1. The number of likely N-dealkylation sites (tertiary alicyclic amines) is 1. The zero-order valence-corrected chi connectivity index (χ0v) is 7.08. The van der Waals surface area contributed by atoms with Gasteiger partial charge in [0.1, 0.15) is 0 Å². The van der Waals surface area contributed by atoms with Gasteiger partial charge in [0.15, 0.2) is 0 Å². The fourth-order valence-electron chi connectivity index (χ4n) is 1.53. The molecule has 0 spiro atoms. The monoisotopic (exact) mass is 157 g/mol. The van der Waals surface area contributed by atoms with Crippen LogP contribution in [-0.4, -0.2) is 35.1 Å². The molecule has 0 aromatic rings. The summed E-state index contributed by atoms with van der Waals surface area (Å²) in [7, 11) is 0. The molecule has 0 bridgehead atoms. The van der Waals surface area contributed by atoms with E-state index in [1.807, 2.05) is 6.92 Å². The van der Waals surface area contributed by atoms with E-state index < -0.39 is 0 Å². The molecular weight excluding hydrogens is 142 g/mol. The zero-order valence-electron chi connectivity index (χ0n) is 7.08. The predicted octanol–water partition coefficient (Wildman–Crippen LogP) is 0.236. The Labute approximate surface area is 67.0 Å². The second-order valence-electron chi connectivity index (χ2n) is 3.23. The fourth-order valence-corrected chi connectivity index (χ4v) is 1.53. The summed E-state index contributed by atoms with van der Waals surface area (Å²) in [6.45, 7) is 4.66. The fraction of sp³-hybridized carbons (Fsp3) is 0.875. The van der Waals surface area contributed by atoms with Gasteiger partial charge in [-0.2, -0.15) is 0 Å². The van der Waals surface area contributed by atoms with E-state index in [1.54, 1.807) is 4.90 Å². The van der Waals surface area contributed by atoms with Crippen molar-refractivity contribution >= 4 is 5.91 Å². The van der Waals surface area contributed by atoms with Crippen LogP contribution >= 0.6 is 0 Å². The van der Waals surface area contributed by atoms with Crippen molar-refractivity contribution in [3.05, 3.63) is 0 Å². The van der Waals surface area contributed by atoms with E-state index >= 15 is 0 Å². The van der Waals surface area contributed by atoms with Crippen molar-refractivity contribution < 1.29 is 9.90 Å². The Kier molecular flexibility index (Phi) is 2.49. The summed E-state index contributed by atoms with van der Waals surface area (Å²) in [6.07, 6.45) is 0.640. The Morgan fingerprint density at radius 2 is 2.27 bits per heavy atom. The molecule has 1 amide bonds. The van der Waals surface area contributed by atoms with Gasteiger partial charge in [0.25, 0.3) is 0 Å². The number of carbonyl (C=O) groups is 1. The molecule has 2 atom stereocenters. The molecule has 11 heavy (non-hydrogen) atoms. The van der Waals surface area contributed by atoms with Gasteiger partial charge in [-0.05, 0) is 12.8 Å². The average molecular weight is 157 g/mol. The van der Waals surface area contributed by atoms with Gasteiger partial charge in [0.2, 0.25) is 5.91 Å². The third-order valence-corrected chi connectivity index (χ3v) is 2.47. The van der Waals surface area contributed by atoms with Crippen LogP contribution in [0.5, 0.6) is 0 Å². The van der Waals surface area contributed by atoms with Crippen LogP contribution in [0.3, 0.4) is 0 Å². The number of amides is 1. The molecule has 3 nitrogen and oxygen atoms in total. The van der Waals surface area contributed by atoms with Crippen molar-refractivity contribution in [2.24, 2.45) is 5.92 Å². The van der Waals surface area contributed by atoms with Gasteiger partial charge in [-0.15, -0.1) is 0 Å². The van der Waals surface area contributed by atoms with Gasteiger partial charge >= 0.3 is 0 Å². The number of aliphatic hydroxyl groups excluding tert-OH is 1. The van der Waals surface area contributed by atoms with Gasteiger partial charge in [-0.3, -0.25) is 4.79 Å². The van der Waals surface area contributed by atoms with Crippen LogP contribution in [0.15, 0.2) is 0 Å². The Balaban J connectivity index is 2.56. The van der Waals surface area contributed by atoms with Gasteiger partial charge in [0, 0.05) is 19.0 Å². The van der Waals surface area contributed by atoms with Gasteiger partial charge in [-0.25, -0.2) is 0 Å². The number of nitrogens with zero attached hydrogens (tertiary/aromatic N) is 1. The highest BCUT2D eigenvalue weighted by atomic mass is 16.3. The molecule has 64 valence electrons. The van der Waals surface area contributed by atoms with E-state index in [0.29, 0.717) is 24.9 Å². The summed E-state index contributed by atoms with van der Waals surface area (Å²) in [5, 5.41) is 8.65. The highest BCUT2D eigenvalue weighted by Gasteiger charge is 2.32. The zero-order chi connectivity index (χ0) is 8.43. The maximum atomic E-state index is 11.2. The van der Waals surface area contributed by atoms with E-state index in [4.69, 9.17) is 5.11 Å². The van der Waals surface area contributed by atoms with Crippen molar-refractivity contribution in [2.75, 3.05) is 13.2 Å². The molecule has 1 saturated heterocycles. The highest BCUT2D eigenvalue weighted by Crippen LogP contribution is 2.23. The van der Waals surface area contributed by atoms with E-state index in [9.17, 15) is 4.79 Å². The number of aliphatic hydroxyl groups is 1. The summed E-state index contributed by atoms with van der Waals surface area (Å²) >= 11 is 0. The lowest BCUT2D eigenvalue weighted by atomic mass is 10.1. The summed E-state index contributed by atoms with van der Waals surface area (Å²) in [5.74, 6) is 0.619. The van der Waals surface area contributed by atoms with Crippen molar-refractivity contribution in [3.63, 3.8) is 0 Å². The highest BCUT2D eigenvalue weighted by molar-refractivity contribution is 5.79. The molecule has 0 aromatic carbocycles. The van der Waals surface area contributed by atoms with Crippen LogP contribution in [0.2, 0.25) is 0 Å². The molecule has 0 radical (unpaired) electrons. The normalized spacial score (nSPS) is 31.5. The van der Waals surface area contributed by atoms with Crippen LogP contribution in [-0.2, 0) is 4.79 Å². The molecule has 0 aliphatic carbocycles. The first-order chi connectivity index (χ1) is 5.16. The van der Waals surface area contributed by atoms with Crippen LogP contribution in [0, 0.1) is 5.92 Å². The second-order valence-corrected chi connectivity index (χ2v) is 3.23. The predicted molar refractivity (Wildman–Crippen MR) is 42.0 cm³/mol. The summed E-state index contributed by atoms with van der Waals surface area (Å²) < 4.78 is 0. The molecule has 0 aromatic heterocycles. The lowest BCUT2D eigenvalue weighted by Gasteiger charge is -2.21. The Bertz CT molecular complexity index is 158. The maximum Gasteiger partial charge on any atom is 0.223 e. The first-order valence-corrected chi connectivity index (χ1v) is 4.07. The molecule has 1 heterocycles. The summed E-state index contributed by atoms with van der Waals surface area (Å²) in [5.41, 5.74) is 0. The van der Waals surface area contributed by atoms with Crippen molar-refractivity contribution in [2.45, 2.75) is 26.3 Å².